The van der Waals surface area contributed by atoms with Crippen molar-refractivity contribution >= 4 is 11.6 Å². The summed E-state index contributed by atoms with van der Waals surface area (Å²) in [5.41, 5.74) is 0.189. The molecule has 0 bridgehead atoms. The predicted molar refractivity (Wildman–Crippen MR) is 114 cm³/mol. The zero-order chi connectivity index (χ0) is 21.9. The monoisotopic (exact) mass is 440 g/mol. The molecule has 0 aromatic heterocycles. The first-order valence-corrected chi connectivity index (χ1v) is 10.5. The van der Waals surface area contributed by atoms with Gasteiger partial charge in [0, 0.05) is 24.2 Å². The van der Waals surface area contributed by atoms with Gasteiger partial charge < -0.3 is 10.0 Å². The first-order valence-electron chi connectivity index (χ1n) is 10.1. The minimum absolute atomic E-state index is 0.00412. The Labute approximate surface area is 181 Å². The fourth-order valence-corrected chi connectivity index (χ4v) is 4.22. The fourth-order valence-electron chi connectivity index (χ4n) is 4.09. The zero-order valence-corrected chi connectivity index (χ0v) is 18.0. The lowest BCUT2D eigenvalue weighted by molar-refractivity contribution is -0.137. The molecule has 0 aliphatic carbocycles. The Kier molecular flexibility index (Phi) is 7.13. The van der Waals surface area contributed by atoms with Gasteiger partial charge in [-0.2, -0.15) is 13.2 Å². The number of hydrogen-bond donors (Lipinski definition) is 1. The van der Waals surface area contributed by atoms with Crippen LogP contribution in [0.5, 0.6) is 0 Å². The molecular weight excluding hydrogens is 413 g/mol. The number of likely N-dealkylation sites (tertiary alicyclic amines) is 1. The molecule has 30 heavy (non-hydrogen) atoms. The van der Waals surface area contributed by atoms with E-state index in [4.69, 9.17) is 11.6 Å². The van der Waals surface area contributed by atoms with Gasteiger partial charge in [0.2, 0.25) is 0 Å². The van der Waals surface area contributed by atoms with Crippen LogP contribution < -0.4 is 0 Å². The summed E-state index contributed by atoms with van der Waals surface area (Å²) in [6.45, 7) is 2.15. The molecule has 1 saturated heterocycles. The lowest BCUT2D eigenvalue weighted by Crippen LogP contribution is -2.44. The molecule has 1 fully saturated rings. The highest BCUT2D eigenvalue weighted by molar-refractivity contribution is 6.30. The molecule has 1 heterocycles. The molecular formula is C23H28ClF3N2O. The van der Waals surface area contributed by atoms with Gasteiger partial charge in [0.25, 0.3) is 0 Å². The van der Waals surface area contributed by atoms with E-state index in [0.717, 1.165) is 36.2 Å². The summed E-state index contributed by atoms with van der Waals surface area (Å²) >= 11 is 5.96. The Morgan fingerprint density at radius 1 is 1.03 bits per heavy atom. The summed E-state index contributed by atoms with van der Waals surface area (Å²) in [7, 11) is 3.97. The van der Waals surface area contributed by atoms with E-state index in [-0.39, 0.29) is 6.04 Å². The van der Waals surface area contributed by atoms with E-state index in [2.05, 4.69) is 9.80 Å². The second-order valence-corrected chi connectivity index (χ2v) is 8.74. The van der Waals surface area contributed by atoms with E-state index in [1.54, 1.807) is 24.3 Å². The third-order valence-corrected chi connectivity index (χ3v) is 6.17. The van der Waals surface area contributed by atoms with Gasteiger partial charge >= 0.3 is 6.18 Å². The fraction of sp³-hybridized carbons (Fsp3) is 0.478. The average molecular weight is 441 g/mol. The molecule has 0 spiro atoms. The molecule has 3 rings (SSSR count). The number of aliphatic hydroxyl groups is 1. The second kappa shape index (κ2) is 9.27. The maximum absolute atomic E-state index is 12.9. The molecule has 3 nitrogen and oxygen atoms in total. The first kappa shape index (κ1) is 23.1. The number of halogens is 4. The molecule has 0 amide bonds. The van der Waals surface area contributed by atoms with Crippen LogP contribution in [0.1, 0.15) is 42.0 Å². The summed E-state index contributed by atoms with van der Waals surface area (Å²) in [6, 6.07) is 12.8. The Morgan fingerprint density at radius 2 is 1.60 bits per heavy atom. The van der Waals surface area contributed by atoms with Gasteiger partial charge in [0.05, 0.1) is 11.2 Å². The molecule has 164 valence electrons. The normalized spacial score (nSPS) is 18.5. The summed E-state index contributed by atoms with van der Waals surface area (Å²) in [5.74, 6) is 0. The van der Waals surface area contributed by atoms with E-state index >= 15 is 0 Å². The summed E-state index contributed by atoms with van der Waals surface area (Å²) in [5, 5.41) is 11.8. The lowest BCUT2D eigenvalue weighted by atomic mass is 9.83. The van der Waals surface area contributed by atoms with E-state index in [0.29, 0.717) is 31.0 Å². The van der Waals surface area contributed by atoms with Gasteiger partial charge in [-0.3, -0.25) is 4.90 Å². The van der Waals surface area contributed by atoms with Crippen LogP contribution in [0.2, 0.25) is 5.02 Å². The van der Waals surface area contributed by atoms with Crippen molar-refractivity contribution in [1.29, 1.82) is 0 Å². The van der Waals surface area contributed by atoms with Crippen LogP contribution in [0.4, 0.5) is 13.2 Å². The van der Waals surface area contributed by atoms with Gasteiger partial charge in [-0.1, -0.05) is 35.9 Å². The molecule has 1 aliphatic heterocycles. The van der Waals surface area contributed by atoms with Crippen molar-refractivity contribution < 1.29 is 18.3 Å². The minimum Gasteiger partial charge on any atom is -0.385 e. The second-order valence-electron chi connectivity index (χ2n) is 8.30. The number of piperidine rings is 1. The maximum Gasteiger partial charge on any atom is 0.416 e. The van der Waals surface area contributed by atoms with Gasteiger partial charge in [-0.15, -0.1) is 0 Å². The third-order valence-electron chi connectivity index (χ3n) is 5.92. The smallest absolute Gasteiger partial charge is 0.385 e. The lowest BCUT2D eigenvalue weighted by Gasteiger charge is -2.42. The molecule has 2 aromatic carbocycles. The highest BCUT2D eigenvalue weighted by Crippen LogP contribution is 2.38. The van der Waals surface area contributed by atoms with E-state index < -0.39 is 17.3 Å². The Bertz CT molecular complexity index is 814. The molecule has 0 saturated carbocycles. The molecule has 1 N–H and O–H groups in total. The highest BCUT2D eigenvalue weighted by atomic mass is 35.5. The number of hydrogen-bond acceptors (Lipinski definition) is 3. The van der Waals surface area contributed by atoms with Crippen LogP contribution in [0, 0.1) is 0 Å². The SMILES string of the molecule is CN(C)CCC(c1ccc(C(F)(F)F)cc1)N1CCC(O)(c2ccc(Cl)cc2)CC1. The summed E-state index contributed by atoms with van der Waals surface area (Å²) in [4.78, 5) is 4.35. The Balaban J connectivity index is 1.76. The highest BCUT2D eigenvalue weighted by Gasteiger charge is 2.36. The van der Waals surface area contributed by atoms with E-state index in [1.165, 1.54) is 0 Å². The Hall–Kier alpha value is -1.60. The van der Waals surface area contributed by atoms with Gasteiger partial charge in [0.1, 0.15) is 0 Å². The van der Waals surface area contributed by atoms with Gasteiger partial charge in [0.15, 0.2) is 0 Å². The van der Waals surface area contributed by atoms with Crippen LogP contribution in [-0.4, -0.2) is 48.6 Å². The number of alkyl halides is 3. The topological polar surface area (TPSA) is 26.7 Å². The van der Waals surface area contributed by atoms with Crippen LogP contribution in [-0.2, 0) is 11.8 Å². The van der Waals surface area contributed by atoms with Crippen molar-refractivity contribution in [3.8, 4) is 0 Å². The van der Waals surface area contributed by atoms with Gasteiger partial charge in [-0.25, -0.2) is 0 Å². The number of rotatable bonds is 6. The molecule has 1 unspecified atom stereocenters. The van der Waals surface area contributed by atoms with Crippen molar-refractivity contribution in [3.05, 3.63) is 70.2 Å². The first-order chi connectivity index (χ1) is 14.1. The van der Waals surface area contributed by atoms with Crippen LogP contribution >= 0.6 is 11.6 Å². The molecule has 2 aromatic rings. The summed E-state index contributed by atoms with van der Waals surface area (Å²) in [6.07, 6.45) is -2.41. The molecule has 7 heteroatoms. The quantitative estimate of drug-likeness (QED) is 0.657. The molecule has 1 aliphatic rings. The van der Waals surface area contributed by atoms with Crippen molar-refractivity contribution in [1.82, 2.24) is 9.80 Å². The van der Waals surface area contributed by atoms with Crippen LogP contribution in [0.25, 0.3) is 0 Å². The standard InChI is InChI=1S/C23H28ClF3N2O/c1-28(2)14-11-21(17-3-5-19(6-4-17)23(25,26)27)29-15-12-22(30,13-16-29)18-7-9-20(24)10-8-18/h3-10,21,30H,11-16H2,1-2H3. The third kappa shape index (κ3) is 5.55. The van der Waals surface area contributed by atoms with Crippen molar-refractivity contribution in [2.24, 2.45) is 0 Å². The number of benzene rings is 2. The van der Waals surface area contributed by atoms with E-state index in [1.807, 2.05) is 26.2 Å². The maximum atomic E-state index is 12.9. The molecule has 0 radical (unpaired) electrons. The Morgan fingerprint density at radius 3 is 2.10 bits per heavy atom. The molecule has 1 atom stereocenters. The van der Waals surface area contributed by atoms with Gasteiger partial charge in [-0.05, 0) is 75.3 Å². The van der Waals surface area contributed by atoms with Crippen LogP contribution in [0.3, 0.4) is 0 Å². The average Bonchev–Trinajstić information content (AvgIpc) is 2.69. The largest absolute Gasteiger partial charge is 0.416 e. The predicted octanol–water partition coefficient (Wildman–Crippen LogP) is 5.34. The zero-order valence-electron chi connectivity index (χ0n) is 17.3. The minimum atomic E-state index is -4.34. The van der Waals surface area contributed by atoms with E-state index in [9.17, 15) is 18.3 Å². The summed E-state index contributed by atoms with van der Waals surface area (Å²) < 4.78 is 38.8. The van der Waals surface area contributed by atoms with Crippen molar-refractivity contribution in [3.63, 3.8) is 0 Å². The van der Waals surface area contributed by atoms with Crippen molar-refractivity contribution in [2.75, 3.05) is 33.7 Å². The van der Waals surface area contributed by atoms with Crippen molar-refractivity contribution in [2.45, 2.75) is 37.1 Å². The number of nitrogens with zero attached hydrogens (tertiary/aromatic N) is 2. The van der Waals surface area contributed by atoms with Crippen LogP contribution in [0.15, 0.2) is 48.5 Å².